The van der Waals surface area contributed by atoms with Crippen molar-refractivity contribution in [2.75, 3.05) is 9.80 Å². The largest absolute Gasteiger partial charge is 0.309 e. The molecule has 0 heterocycles. The number of hydrogen-bond donors (Lipinski definition) is 0. The molecule has 0 aromatic heterocycles. The zero-order chi connectivity index (χ0) is 55.4. The number of rotatable bonds is 10. The van der Waals surface area contributed by atoms with Gasteiger partial charge in [-0.05, 0) is 143 Å². The van der Waals surface area contributed by atoms with Crippen molar-refractivity contribution in [3.8, 4) is 23.3 Å². The summed E-state index contributed by atoms with van der Waals surface area (Å²) in [4.78, 5) is 4.58. The summed E-state index contributed by atoms with van der Waals surface area (Å²) in [6.45, 7) is 0. The molecule has 0 amide bonds. The van der Waals surface area contributed by atoms with E-state index in [-0.39, 0.29) is 0 Å². The van der Waals surface area contributed by atoms with Crippen molar-refractivity contribution in [1.82, 2.24) is 0 Å². The van der Waals surface area contributed by atoms with E-state index in [1.807, 2.05) is 42.5 Å². The van der Waals surface area contributed by atoms with Crippen molar-refractivity contribution >= 4 is 100 Å². The van der Waals surface area contributed by atoms with Crippen LogP contribution < -0.4 is 9.80 Å². The van der Waals surface area contributed by atoms with Gasteiger partial charge in [-0.25, -0.2) is 0 Å². The van der Waals surface area contributed by atoms with Crippen LogP contribution in [0.15, 0.2) is 291 Å². The van der Waals surface area contributed by atoms with Crippen LogP contribution >= 0.6 is 0 Å². The molecule has 1 aliphatic rings. The van der Waals surface area contributed by atoms with Gasteiger partial charge in [-0.1, -0.05) is 243 Å². The molecule has 0 saturated heterocycles. The average Bonchev–Trinajstić information content (AvgIpc) is 2.12. The lowest BCUT2D eigenvalue weighted by Crippen LogP contribution is -2.29. The molecule has 0 unspecified atom stereocenters. The van der Waals surface area contributed by atoms with Gasteiger partial charge in [-0.3, -0.25) is 0 Å². The Bertz CT molecular complexity index is 4970. The van der Waals surface area contributed by atoms with Crippen LogP contribution in [0.4, 0.5) is 34.1 Å². The lowest BCUT2D eigenvalue weighted by molar-refractivity contribution is 0.769. The number of hydrogen-bond acceptors (Lipinski definition) is 4. The summed E-state index contributed by atoms with van der Waals surface area (Å²) in [5.41, 5.74) is 15.1. The van der Waals surface area contributed by atoms with E-state index < -0.39 is 5.41 Å². The maximum Gasteiger partial charge on any atom is 0.101 e. The summed E-state index contributed by atoms with van der Waals surface area (Å²) in [6.07, 6.45) is 4.43. The molecular formula is C79H50N4. The second-order valence-electron chi connectivity index (χ2n) is 21.3. The topological polar surface area (TPSA) is 54.1 Å². The third-order valence-corrected chi connectivity index (χ3v) is 16.9. The fraction of sp³-hybridized carbons (Fsp3) is 0.0127. The minimum Gasteiger partial charge on any atom is -0.309 e. The van der Waals surface area contributed by atoms with Crippen LogP contribution in [-0.2, 0) is 5.41 Å². The summed E-state index contributed by atoms with van der Waals surface area (Å²) in [5.74, 6) is 0. The van der Waals surface area contributed by atoms with Gasteiger partial charge in [0.2, 0.25) is 0 Å². The Kier molecular flexibility index (Phi) is 11.8. The van der Waals surface area contributed by atoms with E-state index in [9.17, 15) is 10.5 Å². The highest BCUT2D eigenvalue weighted by Crippen LogP contribution is 2.60. The number of nitrogens with zero attached hydrogens (tertiary/aromatic N) is 4. The second-order valence-corrected chi connectivity index (χ2v) is 21.3. The highest BCUT2D eigenvalue weighted by molar-refractivity contribution is 6.18. The third kappa shape index (κ3) is 7.89. The molecule has 15 rings (SSSR count). The van der Waals surface area contributed by atoms with E-state index in [4.69, 9.17) is 0 Å². The smallest absolute Gasteiger partial charge is 0.101 e. The molecule has 0 fully saturated rings. The monoisotopic (exact) mass is 1050 g/mol. The van der Waals surface area contributed by atoms with Crippen LogP contribution in [0.1, 0.15) is 44.5 Å². The molecule has 14 aromatic carbocycles. The van der Waals surface area contributed by atoms with Gasteiger partial charge in [0.05, 0.1) is 45.0 Å². The first-order chi connectivity index (χ1) is 41.1. The summed E-state index contributed by atoms with van der Waals surface area (Å²) >= 11 is 0. The van der Waals surface area contributed by atoms with Gasteiger partial charge in [-0.15, -0.1) is 0 Å². The summed E-state index contributed by atoms with van der Waals surface area (Å²) in [7, 11) is 0. The normalized spacial score (nSPS) is 12.4. The van der Waals surface area contributed by atoms with Crippen LogP contribution in [-0.4, -0.2) is 0 Å². The molecule has 0 atom stereocenters. The van der Waals surface area contributed by atoms with Crippen molar-refractivity contribution in [2.24, 2.45) is 0 Å². The molecule has 0 N–H and O–H groups in total. The van der Waals surface area contributed by atoms with Crippen molar-refractivity contribution in [3.05, 3.63) is 336 Å². The minimum atomic E-state index is -0.764. The Labute approximate surface area is 482 Å². The quantitative estimate of drug-likeness (QED) is 0.101. The number of benzene rings is 14. The zero-order valence-electron chi connectivity index (χ0n) is 45.2. The fourth-order valence-electron chi connectivity index (χ4n) is 13.3. The summed E-state index contributed by atoms with van der Waals surface area (Å²) in [5, 5.41) is 32.8. The molecule has 83 heavy (non-hydrogen) atoms. The Morgan fingerprint density at radius 3 is 1.27 bits per heavy atom. The standard InChI is InChI=1S/C79H50N4/c80-51-57-23-9-19-37-73(57)82(75-48-55-21-7-11-29-62(55)64-31-13-15-33-66(64)75)61-44-41-53(42-45-61)39-40-54-43-46-70-71(47-54)79(59-25-3-1-4-26-59,60-27-5-2-6-28-60)72-50-77(68-35-17-18-36-69(68)78(70)72)83(74-38-20-10-24-58(74)52-81)76-49-56-22-8-12-30-63(56)65-32-14-16-34-67(65)76/h1-50H/b40-39+. The molecule has 0 spiro atoms. The van der Waals surface area contributed by atoms with Crippen molar-refractivity contribution < 1.29 is 0 Å². The van der Waals surface area contributed by atoms with E-state index >= 15 is 0 Å². The van der Waals surface area contributed by atoms with Crippen LogP contribution in [0.5, 0.6) is 0 Å². The van der Waals surface area contributed by atoms with Crippen LogP contribution in [0.3, 0.4) is 0 Å². The highest BCUT2D eigenvalue weighted by Gasteiger charge is 2.47. The van der Waals surface area contributed by atoms with Gasteiger partial charge in [0.15, 0.2) is 0 Å². The number of nitriles is 2. The number of anilines is 6. The van der Waals surface area contributed by atoms with Crippen molar-refractivity contribution in [1.29, 1.82) is 10.5 Å². The van der Waals surface area contributed by atoms with Crippen LogP contribution in [0.25, 0.3) is 77.1 Å². The first-order valence-electron chi connectivity index (χ1n) is 28.1. The summed E-state index contributed by atoms with van der Waals surface area (Å²) in [6, 6.07) is 109. The van der Waals surface area contributed by atoms with E-state index in [0.717, 1.165) is 99.5 Å². The van der Waals surface area contributed by atoms with Gasteiger partial charge in [0.25, 0.3) is 0 Å². The maximum atomic E-state index is 11.0. The Morgan fingerprint density at radius 2 is 0.711 bits per heavy atom. The first kappa shape index (κ1) is 48.8. The van der Waals surface area contributed by atoms with Crippen molar-refractivity contribution in [2.45, 2.75) is 5.41 Å². The van der Waals surface area contributed by atoms with E-state index in [1.165, 1.54) is 33.0 Å². The molecule has 4 nitrogen and oxygen atoms in total. The van der Waals surface area contributed by atoms with Gasteiger partial charge < -0.3 is 9.80 Å². The number of para-hydroxylation sites is 2. The zero-order valence-corrected chi connectivity index (χ0v) is 45.2. The predicted molar refractivity (Wildman–Crippen MR) is 345 cm³/mol. The van der Waals surface area contributed by atoms with E-state index in [2.05, 4.69) is 283 Å². The fourth-order valence-corrected chi connectivity index (χ4v) is 13.3. The van der Waals surface area contributed by atoms with Gasteiger partial charge in [0, 0.05) is 21.8 Å². The minimum absolute atomic E-state index is 0.584. The van der Waals surface area contributed by atoms with Gasteiger partial charge in [-0.2, -0.15) is 10.5 Å². The third-order valence-electron chi connectivity index (χ3n) is 16.9. The van der Waals surface area contributed by atoms with E-state index in [1.54, 1.807) is 0 Å². The molecular weight excluding hydrogens is 1000 g/mol. The maximum absolute atomic E-state index is 11.0. The van der Waals surface area contributed by atoms with Gasteiger partial charge >= 0.3 is 0 Å². The Balaban J connectivity index is 0.913. The van der Waals surface area contributed by atoms with Gasteiger partial charge in [0.1, 0.15) is 12.1 Å². The lowest BCUT2D eigenvalue weighted by Gasteiger charge is -2.36. The number of fused-ring (bicyclic) bond motifs is 11. The molecule has 0 bridgehead atoms. The highest BCUT2D eigenvalue weighted by atomic mass is 15.2. The van der Waals surface area contributed by atoms with Crippen LogP contribution in [0.2, 0.25) is 0 Å². The Morgan fingerprint density at radius 1 is 0.301 bits per heavy atom. The molecule has 1 aliphatic carbocycles. The molecule has 0 aliphatic heterocycles. The average molecular weight is 1060 g/mol. The van der Waals surface area contributed by atoms with E-state index in [0.29, 0.717) is 11.1 Å². The Hall–Kier alpha value is -11.3. The van der Waals surface area contributed by atoms with Crippen LogP contribution in [0, 0.1) is 22.7 Å². The molecule has 4 heteroatoms. The molecule has 14 aromatic rings. The first-order valence-corrected chi connectivity index (χ1v) is 28.1. The second kappa shape index (κ2) is 20.1. The SMILES string of the molecule is N#Cc1ccccc1N(c1ccc(/C=C/c2ccc3c(c2)C(c2ccccc2)(c2ccccc2)c2cc(N(c4ccccc4C#N)c4cc5ccccc5c5ccccc45)c4ccccc4c2-3)cc1)c1cc2ccccc2c2ccccc12. The predicted octanol–water partition coefficient (Wildman–Crippen LogP) is 20.7. The molecule has 0 radical (unpaired) electrons. The molecule has 0 saturated carbocycles. The lowest BCUT2D eigenvalue weighted by atomic mass is 9.67. The molecule has 386 valence electrons. The van der Waals surface area contributed by atoms with Crippen molar-refractivity contribution in [3.63, 3.8) is 0 Å². The summed E-state index contributed by atoms with van der Waals surface area (Å²) < 4.78 is 0.